The Morgan fingerprint density at radius 2 is 1.67 bits per heavy atom. The summed E-state index contributed by atoms with van der Waals surface area (Å²) < 4.78 is 27.4. The van der Waals surface area contributed by atoms with Crippen molar-refractivity contribution in [3.63, 3.8) is 0 Å². The van der Waals surface area contributed by atoms with Crippen LogP contribution in [0.25, 0.3) is 0 Å². The van der Waals surface area contributed by atoms with E-state index in [9.17, 15) is 13.2 Å². The highest BCUT2D eigenvalue weighted by Crippen LogP contribution is 2.21. The molecule has 1 aromatic rings. The second kappa shape index (κ2) is 9.15. The molecule has 1 amide bonds. The second-order valence-corrected chi connectivity index (χ2v) is 8.09. The van der Waals surface area contributed by atoms with Gasteiger partial charge in [0.1, 0.15) is 0 Å². The van der Waals surface area contributed by atoms with Crippen molar-refractivity contribution >= 4 is 15.9 Å². The van der Waals surface area contributed by atoms with Crippen LogP contribution < -0.4 is 10.0 Å². The first kappa shape index (κ1) is 20.6. The molecule has 2 N–H and O–H groups in total. The molecule has 0 bridgehead atoms. The summed E-state index contributed by atoms with van der Waals surface area (Å²) in [7, 11) is 0.349. The van der Waals surface area contributed by atoms with Gasteiger partial charge in [0.25, 0.3) is 0 Å². The number of sulfonamides is 1. The first-order chi connectivity index (χ1) is 11.1. The number of carbonyl (C=O) groups excluding carboxylic acids is 1. The predicted octanol–water partition coefficient (Wildman–Crippen LogP) is 1.35. The number of nitrogens with one attached hydrogen (secondary N) is 2. The van der Waals surface area contributed by atoms with Crippen LogP contribution in [0.2, 0.25) is 0 Å². The molecule has 0 fully saturated rings. The third kappa shape index (κ3) is 6.59. The molecule has 136 valence electrons. The van der Waals surface area contributed by atoms with Crippen LogP contribution in [0.1, 0.15) is 29.5 Å². The molecular weight excluding hydrogens is 326 g/mol. The molecule has 0 atom stereocenters. The molecule has 0 saturated carbocycles. The van der Waals surface area contributed by atoms with E-state index in [0.29, 0.717) is 22.6 Å². The quantitative estimate of drug-likeness (QED) is 0.656. The zero-order chi connectivity index (χ0) is 18.3. The van der Waals surface area contributed by atoms with Gasteiger partial charge in [-0.3, -0.25) is 4.79 Å². The SMILES string of the molecule is Cc1cc(C)c(S(=O)(=O)NCCC(=O)NCCCN(C)C)c(C)c1. The lowest BCUT2D eigenvalue weighted by atomic mass is 10.1. The average Bonchev–Trinajstić information content (AvgIpc) is 2.41. The van der Waals surface area contributed by atoms with Gasteiger partial charge in [-0.25, -0.2) is 13.1 Å². The van der Waals surface area contributed by atoms with E-state index in [1.165, 1.54) is 0 Å². The Morgan fingerprint density at radius 3 is 2.21 bits per heavy atom. The molecule has 0 aliphatic carbocycles. The summed E-state index contributed by atoms with van der Waals surface area (Å²) in [4.78, 5) is 14.1. The summed E-state index contributed by atoms with van der Waals surface area (Å²) in [6.45, 7) is 7.09. The van der Waals surface area contributed by atoms with Gasteiger partial charge < -0.3 is 10.2 Å². The van der Waals surface area contributed by atoms with E-state index in [-0.39, 0.29) is 18.9 Å². The van der Waals surface area contributed by atoms with Crippen molar-refractivity contribution in [3.05, 3.63) is 28.8 Å². The van der Waals surface area contributed by atoms with E-state index in [2.05, 4.69) is 10.0 Å². The number of hydrogen-bond donors (Lipinski definition) is 2. The maximum absolute atomic E-state index is 12.5. The molecule has 1 aromatic carbocycles. The Balaban J connectivity index is 2.51. The summed E-state index contributed by atoms with van der Waals surface area (Å²) in [5.74, 6) is -0.145. The third-order valence-corrected chi connectivity index (χ3v) is 5.39. The topological polar surface area (TPSA) is 78.5 Å². The molecule has 7 heteroatoms. The minimum Gasteiger partial charge on any atom is -0.356 e. The lowest BCUT2D eigenvalue weighted by molar-refractivity contribution is -0.120. The Labute approximate surface area is 145 Å². The minimum atomic E-state index is -3.61. The lowest BCUT2D eigenvalue weighted by Gasteiger charge is -2.13. The standard InChI is InChI=1S/C17H29N3O3S/c1-13-11-14(2)17(15(3)12-13)24(22,23)19-9-7-16(21)18-8-6-10-20(4)5/h11-12,19H,6-10H2,1-5H3,(H,18,21). The van der Waals surface area contributed by atoms with Gasteiger partial charge in [0, 0.05) is 19.5 Å². The van der Waals surface area contributed by atoms with Crippen LogP contribution in [0.15, 0.2) is 17.0 Å². The van der Waals surface area contributed by atoms with Gasteiger partial charge in [-0.1, -0.05) is 17.7 Å². The van der Waals surface area contributed by atoms with E-state index in [1.54, 1.807) is 13.8 Å². The number of carbonyl (C=O) groups is 1. The largest absolute Gasteiger partial charge is 0.356 e. The van der Waals surface area contributed by atoms with Crippen LogP contribution >= 0.6 is 0 Å². The molecule has 0 aromatic heterocycles. The highest BCUT2D eigenvalue weighted by Gasteiger charge is 2.19. The van der Waals surface area contributed by atoms with E-state index < -0.39 is 10.0 Å². The number of nitrogens with zero attached hydrogens (tertiary/aromatic N) is 1. The third-order valence-electron chi connectivity index (χ3n) is 3.62. The van der Waals surface area contributed by atoms with Crippen LogP contribution in [-0.2, 0) is 14.8 Å². The van der Waals surface area contributed by atoms with E-state index in [1.807, 2.05) is 38.1 Å². The van der Waals surface area contributed by atoms with Crippen molar-refractivity contribution in [2.75, 3.05) is 33.7 Å². The molecule has 6 nitrogen and oxygen atoms in total. The Kier molecular flexibility index (Phi) is 7.86. The summed E-state index contributed by atoms with van der Waals surface area (Å²) in [6, 6.07) is 3.69. The summed E-state index contributed by atoms with van der Waals surface area (Å²) in [5.41, 5.74) is 2.46. The minimum absolute atomic E-state index is 0.0919. The van der Waals surface area contributed by atoms with Gasteiger partial charge >= 0.3 is 0 Å². The van der Waals surface area contributed by atoms with Gasteiger partial charge in [0.05, 0.1) is 4.90 Å². The molecular formula is C17H29N3O3S. The maximum atomic E-state index is 12.5. The van der Waals surface area contributed by atoms with Crippen LogP contribution in [0, 0.1) is 20.8 Å². The van der Waals surface area contributed by atoms with Crippen LogP contribution in [-0.4, -0.2) is 53.0 Å². The highest BCUT2D eigenvalue weighted by molar-refractivity contribution is 7.89. The Morgan fingerprint density at radius 1 is 1.08 bits per heavy atom. The molecule has 0 aliphatic rings. The molecule has 0 unspecified atom stereocenters. The first-order valence-electron chi connectivity index (χ1n) is 8.12. The molecule has 0 saturated heterocycles. The van der Waals surface area contributed by atoms with Crippen molar-refractivity contribution in [1.29, 1.82) is 0 Å². The smallest absolute Gasteiger partial charge is 0.241 e. The molecule has 24 heavy (non-hydrogen) atoms. The number of benzene rings is 1. The molecule has 0 spiro atoms. The first-order valence-corrected chi connectivity index (χ1v) is 9.60. The predicted molar refractivity (Wildman–Crippen MR) is 96.6 cm³/mol. The fraction of sp³-hybridized carbons (Fsp3) is 0.588. The summed E-state index contributed by atoms with van der Waals surface area (Å²) in [6.07, 6.45) is 0.997. The van der Waals surface area contributed by atoms with Crippen LogP contribution in [0.5, 0.6) is 0 Å². The number of aryl methyl sites for hydroxylation is 3. The van der Waals surface area contributed by atoms with Crippen molar-refractivity contribution in [2.45, 2.75) is 38.5 Å². The summed E-state index contributed by atoms with van der Waals surface area (Å²) in [5, 5.41) is 2.79. The zero-order valence-corrected chi connectivity index (χ0v) is 16.1. The molecule has 1 rings (SSSR count). The molecule has 0 aliphatic heterocycles. The van der Waals surface area contributed by atoms with Gasteiger partial charge in [0.2, 0.25) is 15.9 Å². The van der Waals surface area contributed by atoms with Crippen molar-refractivity contribution < 1.29 is 13.2 Å². The van der Waals surface area contributed by atoms with E-state index >= 15 is 0 Å². The van der Waals surface area contributed by atoms with E-state index in [4.69, 9.17) is 0 Å². The fourth-order valence-corrected chi connectivity index (χ4v) is 4.15. The van der Waals surface area contributed by atoms with Crippen molar-refractivity contribution in [2.24, 2.45) is 0 Å². The zero-order valence-electron chi connectivity index (χ0n) is 15.3. The fourth-order valence-electron chi connectivity index (χ4n) is 2.67. The van der Waals surface area contributed by atoms with Gasteiger partial charge in [0.15, 0.2) is 0 Å². The number of rotatable bonds is 9. The number of amides is 1. The normalized spacial score (nSPS) is 11.8. The number of hydrogen-bond acceptors (Lipinski definition) is 4. The molecule has 0 radical (unpaired) electrons. The second-order valence-electron chi connectivity index (χ2n) is 6.38. The maximum Gasteiger partial charge on any atom is 0.241 e. The van der Waals surface area contributed by atoms with Crippen molar-refractivity contribution in [3.8, 4) is 0 Å². The van der Waals surface area contributed by atoms with Gasteiger partial charge in [-0.15, -0.1) is 0 Å². The van der Waals surface area contributed by atoms with Crippen LogP contribution in [0.3, 0.4) is 0 Å². The Bertz CT molecular complexity index is 647. The lowest BCUT2D eigenvalue weighted by Crippen LogP contribution is -2.32. The van der Waals surface area contributed by atoms with Gasteiger partial charge in [-0.05, 0) is 59.0 Å². The van der Waals surface area contributed by atoms with Gasteiger partial charge in [-0.2, -0.15) is 0 Å². The monoisotopic (exact) mass is 355 g/mol. The highest BCUT2D eigenvalue weighted by atomic mass is 32.2. The Hall–Kier alpha value is -1.44. The van der Waals surface area contributed by atoms with Crippen LogP contribution in [0.4, 0.5) is 0 Å². The summed E-state index contributed by atoms with van der Waals surface area (Å²) >= 11 is 0. The average molecular weight is 356 g/mol. The van der Waals surface area contributed by atoms with Crippen molar-refractivity contribution in [1.82, 2.24) is 14.9 Å². The van der Waals surface area contributed by atoms with E-state index in [0.717, 1.165) is 18.5 Å². The molecule has 0 heterocycles.